The monoisotopic (exact) mass is 219 g/mol. The average Bonchev–Trinajstić information content (AvgIpc) is 2.21. The van der Waals surface area contributed by atoms with Crippen molar-refractivity contribution >= 4 is 8.10 Å². The minimum atomic E-state index is -1.31. The number of hydrogen-bond acceptors (Lipinski definition) is 1. The lowest BCUT2D eigenvalue weighted by atomic mass is 10.3. The first-order chi connectivity index (χ1) is 6.63. The van der Waals surface area contributed by atoms with Gasteiger partial charge in [-0.2, -0.15) is 0 Å². The van der Waals surface area contributed by atoms with Crippen molar-refractivity contribution in [3.63, 3.8) is 0 Å². The standard InChI is InChI=1S/C10H24N2OP/c1-5-7-9-11(3)14(13)12(4)10-8-6-2/h5-10H2,1-4H3/q+1. The Labute approximate surface area is 89.4 Å². The van der Waals surface area contributed by atoms with Crippen LogP contribution in [0.3, 0.4) is 0 Å². The molecule has 0 radical (unpaired) electrons. The first kappa shape index (κ1) is 14.0. The Morgan fingerprint density at radius 2 is 1.29 bits per heavy atom. The fraction of sp³-hybridized carbons (Fsp3) is 1.00. The second-order valence-corrected chi connectivity index (χ2v) is 5.59. The fourth-order valence-electron chi connectivity index (χ4n) is 1.21. The zero-order valence-corrected chi connectivity index (χ0v) is 10.9. The Morgan fingerprint density at radius 1 is 0.929 bits per heavy atom. The van der Waals surface area contributed by atoms with Crippen molar-refractivity contribution in [2.45, 2.75) is 39.5 Å². The van der Waals surface area contributed by atoms with Gasteiger partial charge in [-0.3, -0.25) is 0 Å². The Bertz CT molecular complexity index is 148. The Hall–Kier alpha value is 0.0200. The molecule has 0 aromatic rings. The van der Waals surface area contributed by atoms with Crippen molar-refractivity contribution in [2.24, 2.45) is 0 Å². The molecule has 0 heterocycles. The number of nitrogens with zero attached hydrogens (tertiary/aromatic N) is 2. The molecule has 0 aliphatic heterocycles. The van der Waals surface area contributed by atoms with Crippen molar-refractivity contribution in [2.75, 3.05) is 27.2 Å². The molecule has 0 N–H and O–H groups in total. The third kappa shape index (κ3) is 5.69. The maximum Gasteiger partial charge on any atom is 0.537 e. The third-order valence-corrected chi connectivity index (χ3v) is 3.82. The largest absolute Gasteiger partial charge is 0.537 e. The van der Waals surface area contributed by atoms with E-state index in [9.17, 15) is 4.57 Å². The van der Waals surface area contributed by atoms with Gasteiger partial charge in [0.15, 0.2) is 0 Å². The molecule has 0 aromatic carbocycles. The van der Waals surface area contributed by atoms with Crippen LogP contribution in [-0.4, -0.2) is 36.5 Å². The van der Waals surface area contributed by atoms with E-state index in [-0.39, 0.29) is 0 Å². The highest BCUT2D eigenvalue weighted by molar-refractivity contribution is 7.39. The third-order valence-electron chi connectivity index (χ3n) is 2.25. The van der Waals surface area contributed by atoms with Gasteiger partial charge in [-0.15, -0.1) is 0 Å². The van der Waals surface area contributed by atoms with Crippen molar-refractivity contribution in [3.05, 3.63) is 0 Å². The molecule has 0 aliphatic rings. The van der Waals surface area contributed by atoms with Gasteiger partial charge < -0.3 is 0 Å². The summed E-state index contributed by atoms with van der Waals surface area (Å²) in [5.74, 6) is 0. The Kier molecular flexibility index (Phi) is 8.35. The van der Waals surface area contributed by atoms with E-state index in [2.05, 4.69) is 13.8 Å². The van der Waals surface area contributed by atoms with Crippen LogP contribution in [-0.2, 0) is 4.57 Å². The van der Waals surface area contributed by atoms with Gasteiger partial charge in [0.1, 0.15) is 0 Å². The van der Waals surface area contributed by atoms with E-state index in [1.807, 2.05) is 23.4 Å². The highest BCUT2D eigenvalue weighted by Gasteiger charge is 2.28. The van der Waals surface area contributed by atoms with Gasteiger partial charge in [-0.05, 0) is 17.4 Å². The molecule has 14 heavy (non-hydrogen) atoms. The van der Waals surface area contributed by atoms with Gasteiger partial charge in [0.2, 0.25) is 0 Å². The molecule has 0 bridgehead atoms. The maximum absolute atomic E-state index is 11.9. The molecule has 0 amide bonds. The van der Waals surface area contributed by atoms with Gasteiger partial charge >= 0.3 is 8.10 Å². The topological polar surface area (TPSA) is 23.6 Å². The predicted octanol–water partition coefficient (Wildman–Crippen LogP) is 3.11. The van der Waals surface area contributed by atoms with E-state index >= 15 is 0 Å². The van der Waals surface area contributed by atoms with E-state index < -0.39 is 8.10 Å². The van der Waals surface area contributed by atoms with Crippen LogP contribution in [0, 0.1) is 0 Å². The van der Waals surface area contributed by atoms with Gasteiger partial charge in [0.25, 0.3) is 0 Å². The number of hydrogen-bond donors (Lipinski definition) is 0. The maximum atomic E-state index is 11.9. The predicted molar refractivity (Wildman–Crippen MR) is 62.7 cm³/mol. The van der Waals surface area contributed by atoms with Gasteiger partial charge in [-0.1, -0.05) is 36.0 Å². The zero-order chi connectivity index (χ0) is 11.0. The molecule has 0 rings (SSSR count). The van der Waals surface area contributed by atoms with E-state index in [4.69, 9.17) is 0 Å². The molecule has 4 heteroatoms. The molecule has 3 nitrogen and oxygen atoms in total. The molecule has 0 saturated carbocycles. The SMILES string of the molecule is CCCCN(C)[P+](=O)N(C)CCCC. The highest BCUT2D eigenvalue weighted by Crippen LogP contribution is 2.29. The lowest BCUT2D eigenvalue weighted by Crippen LogP contribution is -2.21. The van der Waals surface area contributed by atoms with Crippen LogP contribution in [0.1, 0.15) is 39.5 Å². The Balaban J connectivity index is 3.78. The summed E-state index contributed by atoms with van der Waals surface area (Å²) in [6.45, 7) is 6.17. The second kappa shape index (κ2) is 8.34. The van der Waals surface area contributed by atoms with Crippen LogP contribution in [0.15, 0.2) is 0 Å². The van der Waals surface area contributed by atoms with E-state index in [0.717, 1.165) is 38.8 Å². The summed E-state index contributed by atoms with van der Waals surface area (Å²) in [5.41, 5.74) is 0. The molecular weight excluding hydrogens is 195 g/mol. The minimum Gasteiger partial charge on any atom is -0.0820 e. The molecule has 84 valence electrons. The van der Waals surface area contributed by atoms with Crippen LogP contribution < -0.4 is 0 Å². The van der Waals surface area contributed by atoms with E-state index in [0.29, 0.717) is 0 Å². The van der Waals surface area contributed by atoms with Gasteiger partial charge in [0.05, 0.1) is 0 Å². The second-order valence-electron chi connectivity index (χ2n) is 3.72. The first-order valence-corrected chi connectivity index (χ1v) is 6.69. The summed E-state index contributed by atoms with van der Waals surface area (Å²) in [6.07, 6.45) is 4.57. The lowest BCUT2D eigenvalue weighted by molar-refractivity contribution is 0.401. The molecule has 0 fully saturated rings. The summed E-state index contributed by atoms with van der Waals surface area (Å²) in [4.78, 5) is 0. The fourth-order valence-corrected chi connectivity index (χ4v) is 2.35. The molecule has 0 atom stereocenters. The summed E-state index contributed by atoms with van der Waals surface area (Å²) in [7, 11) is 2.57. The van der Waals surface area contributed by atoms with Crippen molar-refractivity contribution in [1.29, 1.82) is 0 Å². The lowest BCUT2D eigenvalue weighted by Gasteiger charge is -2.09. The van der Waals surface area contributed by atoms with Crippen LogP contribution in [0.4, 0.5) is 0 Å². The van der Waals surface area contributed by atoms with Crippen molar-refractivity contribution < 1.29 is 4.57 Å². The summed E-state index contributed by atoms with van der Waals surface area (Å²) < 4.78 is 15.8. The number of unbranched alkanes of at least 4 members (excludes halogenated alkanes) is 2. The zero-order valence-electron chi connectivity index (χ0n) is 9.99. The smallest absolute Gasteiger partial charge is 0.0820 e. The van der Waals surface area contributed by atoms with E-state index in [1.54, 1.807) is 0 Å². The van der Waals surface area contributed by atoms with Crippen molar-refractivity contribution in [1.82, 2.24) is 9.34 Å². The van der Waals surface area contributed by atoms with Crippen LogP contribution in [0.2, 0.25) is 0 Å². The first-order valence-electron chi connectivity index (χ1n) is 5.52. The molecule has 0 aromatic heterocycles. The minimum absolute atomic E-state index is 0.933. The van der Waals surface area contributed by atoms with Crippen LogP contribution >= 0.6 is 8.10 Å². The summed E-state index contributed by atoms with van der Waals surface area (Å²) in [6, 6.07) is 0. The summed E-state index contributed by atoms with van der Waals surface area (Å²) in [5, 5.41) is 0. The summed E-state index contributed by atoms with van der Waals surface area (Å²) >= 11 is 0. The number of rotatable bonds is 8. The van der Waals surface area contributed by atoms with Gasteiger partial charge in [0, 0.05) is 27.2 Å². The molecule has 0 unspecified atom stereocenters. The molecule has 0 aliphatic carbocycles. The molecule has 0 saturated heterocycles. The quantitative estimate of drug-likeness (QED) is 0.586. The average molecular weight is 219 g/mol. The van der Waals surface area contributed by atoms with Crippen molar-refractivity contribution in [3.8, 4) is 0 Å². The van der Waals surface area contributed by atoms with Crippen LogP contribution in [0.5, 0.6) is 0 Å². The van der Waals surface area contributed by atoms with E-state index in [1.165, 1.54) is 0 Å². The molecular formula is C10H24N2OP+. The molecule has 0 spiro atoms. The van der Waals surface area contributed by atoms with Crippen LogP contribution in [0.25, 0.3) is 0 Å². The van der Waals surface area contributed by atoms with Gasteiger partial charge in [-0.25, -0.2) is 0 Å². The highest BCUT2D eigenvalue weighted by atomic mass is 31.1. The normalized spacial score (nSPS) is 11.3. The Morgan fingerprint density at radius 3 is 1.57 bits per heavy atom.